The Kier molecular flexibility index (Phi) is 5.23. The Morgan fingerprint density at radius 1 is 1.26 bits per heavy atom. The summed E-state index contributed by atoms with van der Waals surface area (Å²) < 4.78 is 34.2. The zero-order chi connectivity index (χ0) is 14.5. The van der Waals surface area contributed by atoms with Gasteiger partial charge in [0.2, 0.25) is 5.78 Å². The van der Waals surface area contributed by atoms with Crippen molar-refractivity contribution in [3.05, 3.63) is 29.8 Å². The van der Waals surface area contributed by atoms with E-state index >= 15 is 0 Å². The van der Waals surface area contributed by atoms with Gasteiger partial charge in [-0.05, 0) is 35.9 Å². The number of Topliss-reactive ketones (excluding diaryl/α,β-unsaturated/α-hetero) is 1. The normalized spacial score (nSPS) is 10.9. The number of hydrogen-bond donors (Lipinski definition) is 0. The van der Waals surface area contributed by atoms with Crippen molar-refractivity contribution in [2.75, 3.05) is 13.7 Å². The van der Waals surface area contributed by atoms with Crippen LogP contribution in [-0.4, -0.2) is 30.9 Å². The molecule has 0 aliphatic carbocycles. The average molecular weight is 293 g/mol. The van der Waals surface area contributed by atoms with Crippen LogP contribution < -0.4 is 4.74 Å². The molecule has 0 aliphatic rings. The molecule has 0 atom stereocenters. The molecule has 1 rings (SSSR count). The van der Waals surface area contributed by atoms with Gasteiger partial charge in [0.05, 0.1) is 19.3 Å². The molecule has 0 saturated carbocycles. The molecule has 0 bridgehead atoms. The first-order valence-electron chi connectivity index (χ1n) is 5.26. The SMILES string of the molecule is COC(=O)c1ccc(OCCC(=O)C(F)(F)Cl)cc1. The number of halogens is 3. The number of rotatable bonds is 6. The van der Waals surface area contributed by atoms with Crippen molar-refractivity contribution >= 4 is 23.4 Å². The molecule has 0 radical (unpaired) electrons. The van der Waals surface area contributed by atoms with E-state index in [0.717, 1.165) is 0 Å². The fourth-order valence-electron chi connectivity index (χ4n) is 1.21. The van der Waals surface area contributed by atoms with E-state index in [9.17, 15) is 18.4 Å². The zero-order valence-electron chi connectivity index (χ0n) is 9.99. The quantitative estimate of drug-likeness (QED) is 0.597. The second-order valence-corrected chi connectivity index (χ2v) is 4.01. The molecule has 0 aliphatic heterocycles. The van der Waals surface area contributed by atoms with Crippen molar-refractivity contribution in [1.29, 1.82) is 0 Å². The Hall–Kier alpha value is -1.69. The molecular formula is C12H11ClF2O4. The predicted molar refractivity (Wildman–Crippen MR) is 63.7 cm³/mol. The number of hydrogen-bond acceptors (Lipinski definition) is 4. The van der Waals surface area contributed by atoms with Crippen LogP contribution in [0.15, 0.2) is 24.3 Å². The van der Waals surface area contributed by atoms with Crippen LogP contribution in [0.4, 0.5) is 8.78 Å². The van der Waals surface area contributed by atoms with E-state index in [0.29, 0.717) is 11.3 Å². The monoisotopic (exact) mass is 292 g/mol. The molecule has 1 aromatic rings. The lowest BCUT2D eigenvalue weighted by molar-refractivity contribution is -0.133. The summed E-state index contributed by atoms with van der Waals surface area (Å²) in [5.41, 5.74) is 0.332. The van der Waals surface area contributed by atoms with Gasteiger partial charge in [0.15, 0.2) is 0 Å². The summed E-state index contributed by atoms with van der Waals surface area (Å²) in [5, 5.41) is -3.86. The summed E-state index contributed by atoms with van der Waals surface area (Å²) >= 11 is 4.55. The van der Waals surface area contributed by atoms with Crippen molar-refractivity contribution in [1.82, 2.24) is 0 Å². The minimum absolute atomic E-state index is 0.223. The molecule has 0 spiro atoms. The van der Waals surface area contributed by atoms with Gasteiger partial charge in [-0.1, -0.05) is 0 Å². The Labute approximate surface area is 113 Å². The molecule has 0 fully saturated rings. The van der Waals surface area contributed by atoms with E-state index in [1.54, 1.807) is 0 Å². The van der Waals surface area contributed by atoms with Crippen molar-refractivity contribution < 1.29 is 27.8 Å². The van der Waals surface area contributed by atoms with Gasteiger partial charge >= 0.3 is 11.4 Å². The van der Waals surface area contributed by atoms with Gasteiger partial charge in [-0.15, -0.1) is 0 Å². The van der Waals surface area contributed by atoms with Crippen LogP contribution >= 0.6 is 11.6 Å². The highest BCUT2D eigenvalue weighted by molar-refractivity contribution is 6.32. The molecule has 0 aromatic heterocycles. The van der Waals surface area contributed by atoms with Crippen molar-refractivity contribution in [2.45, 2.75) is 11.8 Å². The summed E-state index contributed by atoms with van der Waals surface area (Å²) in [7, 11) is 1.25. The smallest absolute Gasteiger partial charge is 0.380 e. The summed E-state index contributed by atoms with van der Waals surface area (Å²) in [6.07, 6.45) is -0.505. The Bertz CT molecular complexity index is 454. The summed E-state index contributed by atoms with van der Waals surface area (Å²) in [6.45, 7) is -0.223. The van der Waals surface area contributed by atoms with Gasteiger partial charge in [0.25, 0.3) is 0 Å². The van der Waals surface area contributed by atoms with Crippen molar-refractivity contribution in [3.63, 3.8) is 0 Å². The van der Waals surface area contributed by atoms with Crippen LogP contribution in [0.1, 0.15) is 16.8 Å². The maximum atomic E-state index is 12.3. The van der Waals surface area contributed by atoms with Gasteiger partial charge in [-0.25, -0.2) is 4.79 Å². The van der Waals surface area contributed by atoms with Crippen LogP contribution in [0.25, 0.3) is 0 Å². The Balaban J connectivity index is 2.47. The minimum atomic E-state index is -3.86. The third kappa shape index (κ3) is 4.82. The number of ketones is 1. The third-order valence-electron chi connectivity index (χ3n) is 2.19. The summed E-state index contributed by atoms with van der Waals surface area (Å²) in [4.78, 5) is 21.9. The van der Waals surface area contributed by atoms with Crippen LogP contribution in [0.3, 0.4) is 0 Å². The molecule has 0 saturated heterocycles. The number of esters is 1. The first-order chi connectivity index (χ1) is 8.84. The van der Waals surface area contributed by atoms with Gasteiger partial charge in [-0.3, -0.25) is 4.79 Å². The van der Waals surface area contributed by atoms with Crippen LogP contribution in [0.2, 0.25) is 0 Å². The van der Waals surface area contributed by atoms with Gasteiger partial charge in [-0.2, -0.15) is 8.78 Å². The second kappa shape index (κ2) is 6.47. The van der Waals surface area contributed by atoms with E-state index in [-0.39, 0.29) is 6.61 Å². The molecule has 0 N–H and O–H groups in total. The van der Waals surface area contributed by atoms with E-state index in [2.05, 4.69) is 16.3 Å². The number of benzene rings is 1. The number of carbonyl (C=O) groups is 2. The number of ether oxygens (including phenoxy) is 2. The molecule has 0 unspecified atom stereocenters. The highest BCUT2D eigenvalue weighted by Crippen LogP contribution is 2.21. The predicted octanol–water partition coefficient (Wildman–Crippen LogP) is 2.64. The molecule has 0 heterocycles. The number of methoxy groups -OCH3 is 1. The van der Waals surface area contributed by atoms with Gasteiger partial charge in [0.1, 0.15) is 5.75 Å². The minimum Gasteiger partial charge on any atom is -0.493 e. The average Bonchev–Trinajstić information content (AvgIpc) is 2.37. The molecule has 19 heavy (non-hydrogen) atoms. The molecule has 104 valence electrons. The lowest BCUT2D eigenvalue weighted by Gasteiger charge is -2.08. The lowest BCUT2D eigenvalue weighted by atomic mass is 10.2. The molecule has 7 heteroatoms. The van der Waals surface area contributed by atoms with Crippen molar-refractivity contribution in [2.24, 2.45) is 0 Å². The van der Waals surface area contributed by atoms with Crippen LogP contribution in [0, 0.1) is 0 Å². The largest absolute Gasteiger partial charge is 0.493 e. The summed E-state index contributed by atoms with van der Waals surface area (Å²) in [6, 6.07) is 5.85. The highest BCUT2D eigenvalue weighted by atomic mass is 35.5. The number of alkyl halides is 3. The van der Waals surface area contributed by atoms with E-state index in [4.69, 9.17) is 4.74 Å². The maximum Gasteiger partial charge on any atom is 0.380 e. The van der Waals surface area contributed by atoms with Crippen LogP contribution in [-0.2, 0) is 9.53 Å². The number of carbonyl (C=O) groups excluding carboxylic acids is 2. The molecule has 0 amide bonds. The fraction of sp³-hybridized carbons (Fsp3) is 0.333. The van der Waals surface area contributed by atoms with E-state index in [1.165, 1.54) is 31.4 Å². The molecule has 4 nitrogen and oxygen atoms in total. The first kappa shape index (κ1) is 15.4. The first-order valence-corrected chi connectivity index (χ1v) is 5.63. The van der Waals surface area contributed by atoms with E-state index in [1.807, 2.05) is 0 Å². The summed E-state index contributed by atoms with van der Waals surface area (Å²) in [5.74, 6) is -1.55. The Morgan fingerprint density at radius 3 is 2.32 bits per heavy atom. The Morgan fingerprint density at radius 2 is 1.84 bits per heavy atom. The zero-order valence-corrected chi connectivity index (χ0v) is 10.7. The fourth-order valence-corrected chi connectivity index (χ4v) is 1.30. The van der Waals surface area contributed by atoms with Crippen LogP contribution in [0.5, 0.6) is 5.75 Å². The molecular weight excluding hydrogens is 282 g/mol. The van der Waals surface area contributed by atoms with E-state index < -0.39 is 23.6 Å². The molecule has 1 aromatic carbocycles. The van der Waals surface area contributed by atoms with Crippen molar-refractivity contribution in [3.8, 4) is 5.75 Å². The highest BCUT2D eigenvalue weighted by Gasteiger charge is 2.34. The lowest BCUT2D eigenvalue weighted by Crippen LogP contribution is -2.23. The second-order valence-electron chi connectivity index (χ2n) is 3.54. The topological polar surface area (TPSA) is 52.6 Å². The van der Waals surface area contributed by atoms with Gasteiger partial charge < -0.3 is 9.47 Å². The third-order valence-corrected chi connectivity index (χ3v) is 2.40. The maximum absolute atomic E-state index is 12.3. The van der Waals surface area contributed by atoms with Gasteiger partial charge in [0, 0.05) is 6.42 Å². The standard InChI is InChI=1S/C12H11ClF2O4/c1-18-11(17)8-2-4-9(5-3-8)19-7-6-10(16)12(13,14)15/h2-5H,6-7H2,1H3.